The Morgan fingerprint density at radius 3 is 2.78 bits per heavy atom. The Bertz CT molecular complexity index is 1250. The van der Waals surface area contributed by atoms with Crippen molar-refractivity contribution in [2.75, 3.05) is 5.32 Å². The number of fused-ring (bicyclic) bond motifs is 1. The number of hydrogen-bond acceptors (Lipinski definition) is 9. The monoisotopic (exact) mass is 499 g/mol. The lowest BCUT2D eigenvalue weighted by Crippen LogP contribution is -2.14. The summed E-state index contributed by atoms with van der Waals surface area (Å²) in [4.78, 5) is 21.2. The van der Waals surface area contributed by atoms with Crippen LogP contribution in [-0.2, 0) is 23.1 Å². The average molecular weight is 500 g/mol. The highest BCUT2D eigenvalue weighted by atomic mass is 32.2. The van der Waals surface area contributed by atoms with Gasteiger partial charge in [-0.25, -0.2) is 9.50 Å². The van der Waals surface area contributed by atoms with Crippen LogP contribution >= 0.6 is 34.4 Å². The summed E-state index contributed by atoms with van der Waals surface area (Å²) in [7, 11) is 0. The zero-order valence-corrected chi connectivity index (χ0v) is 19.3. The van der Waals surface area contributed by atoms with Gasteiger partial charge in [0.15, 0.2) is 4.34 Å². The molecule has 0 saturated carbocycles. The number of amides is 1. The predicted molar refractivity (Wildman–Crippen MR) is 116 cm³/mol. The first-order valence-electron chi connectivity index (χ1n) is 9.29. The topological polar surface area (TPSA) is 98.0 Å². The van der Waals surface area contributed by atoms with Crippen LogP contribution in [0.5, 0.6) is 0 Å². The molecule has 32 heavy (non-hydrogen) atoms. The van der Waals surface area contributed by atoms with Crippen molar-refractivity contribution in [3.63, 3.8) is 0 Å². The lowest BCUT2D eigenvalue weighted by atomic mass is 10.1. The third kappa shape index (κ3) is 5.07. The maximum atomic E-state index is 12.9. The first kappa shape index (κ1) is 22.6. The Morgan fingerprint density at radius 1 is 1.25 bits per heavy atom. The van der Waals surface area contributed by atoms with E-state index in [4.69, 9.17) is 0 Å². The van der Waals surface area contributed by atoms with Crippen molar-refractivity contribution in [3.8, 4) is 0 Å². The van der Waals surface area contributed by atoms with Gasteiger partial charge in [0, 0.05) is 28.4 Å². The van der Waals surface area contributed by atoms with E-state index in [1.165, 1.54) is 16.2 Å². The highest BCUT2D eigenvalue weighted by Crippen LogP contribution is 2.30. The van der Waals surface area contributed by atoms with Crippen molar-refractivity contribution in [3.05, 3.63) is 45.2 Å². The minimum atomic E-state index is -4.66. The summed E-state index contributed by atoms with van der Waals surface area (Å²) < 4.78 is 40.5. The summed E-state index contributed by atoms with van der Waals surface area (Å²) in [5.41, 5.74) is 1.62. The molecular formula is C18H16F3N7OS3. The van der Waals surface area contributed by atoms with Crippen LogP contribution in [0.15, 0.2) is 21.9 Å². The average Bonchev–Trinajstić information content (AvgIpc) is 3.46. The lowest BCUT2D eigenvalue weighted by Gasteiger charge is -2.09. The molecule has 14 heteroatoms. The normalized spacial score (nSPS) is 11.9. The van der Waals surface area contributed by atoms with Gasteiger partial charge >= 0.3 is 6.18 Å². The van der Waals surface area contributed by atoms with Crippen LogP contribution in [0.2, 0.25) is 0 Å². The summed E-state index contributed by atoms with van der Waals surface area (Å²) in [5.74, 6) is -0.857. The van der Waals surface area contributed by atoms with Gasteiger partial charge in [-0.05, 0) is 37.3 Å². The highest BCUT2D eigenvalue weighted by molar-refractivity contribution is 8.00. The van der Waals surface area contributed by atoms with Crippen LogP contribution in [-0.4, -0.2) is 35.7 Å². The molecule has 0 unspecified atom stereocenters. The molecule has 0 atom stereocenters. The summed E-state index contributed by atoms with van der Waals surface area (Å²) in [6, 6.07) is 4.03. The summed E-state index contributed by atoms with van der Waals surface area (Å²) >= 11 is 4.50. The van der Waals surface area contributed by atoms with Gasteiger partial charge in [-0.15, -0.1) is 26.6 Å². The molecule has 1 N–H and O–H groups in total. The third-order valence-corrected chi connectivity index (χ3v) is 7.56. The quantitative estimate of drug-likeness (QED) is 0.295. The number of thioether (sulfide) groups is 1. The van der Waals surface area contributed by atoms with E-state index in [9.17, 15) is 18.0 Å². The van der Waals surface area contributed by atoms with Crippen molar-refractivity contribution >= 4 is 51.3 Å². The molecule has 168 valence electrons. The summed E-state index contributed by atoms with van der Waals surface area (Å²) in [5, 5.41) is 16.7. The van der Waals surface area contributed by atoms with Crippen LogP contribution in [0, 0.1) is 13.8 Å². The number of anilines is 1. The fraction of sp³-hybridized carbons (Fsp3) is 0.333. The van der Waals surface area contributed by atoms with E-state index >= 15 is 0 Å². The van der Waals surface area contributed by atoms with Crippen molar-refractivity contribution in [1.29, 1.82) is 0 Å². The van der Waals surface area contributed by atoms with Gasteiger partial charge in [0.2, 0.25) is 11.0 Å². The molecule has 0 aliphatic heterocycles. The molecule has 4 rings (SSSR count). The van der Waals surface area contributed by atoms with Crippen LogP contribution < -0.4 is 5.32 Å². The van der Waals surface area contributed by atoms with Gasteiger partial charge in [-0.3, -0.25) is 4.79 Å². The number of aryl methyl sites for hydroxylation is 2. The SMILES string of the molecule is Cc1nc2nc(C(F)(F)F)nn2c(C)c1CCC(=O)Nc1nnc(SCc2cccs2)s1. The number of carbonyl (C=O) groups is 1. The predicted octanol–water partition coefficient (Wildman–Crippen LogP) is 4.54. The van der Waals surface area contributed by atoms with Gasteiger partial charge < -0.3 is 5.32 Å². The Labute approximate surface area is 192 Å². The van der Waals surface area contributed by atoms with Crippen LogP contribution in [0.4, 0.5) is 18.3 Å². The number of halogens is 3. The number of nitrogens with zero attached hydrogens (tertiary/aromatic N) is 6. The van der Waals surface area contributed by atoms with Gasteiger partial charge in [0.1, 0.15) is 0 Å². The molecule has 4 heterocycles. The molecule has 0 saturated heterocycles. The lowest BCUT2D eigenvalue weighted by molar-refractivity contribution is -0.144. The second kappa shape index (κ2) is 9.11. The van der Waals surface area contributed by atoms with E-state index in [0.717, 1.165) is 14.6 Å². The molecule has 0 aliphatic carbocycles. The maximum Gasteiger partial charge on any atom is 0.453 e. The maximum absolute atomic E-state index is 12.9. The summed E-state index contributed by atoms with van der Waals surface area (Å²) in [6.07, 6.45) is -4.27. The number of rotatable bonds is 7. The van der Waals surface area contributed by atoms with E-state index < -0.39 is 12.0 Å². The zero-order valence-electron chi connectivity index (χ0n) is 16.8. The van der Waals surface area contributed by atoms with Crippen LogP contribution in [0.1, 0.15) is 34.1 Å². The van der Waals surface area contributed by atoms with E-state index in [-0.39, 0.29) is 24.5 Å². The van der Waals surface area contributed by atoms with E-state index in [2.05, 4.69) is 30.6 Å². The molecule has 1 amide bonds. The second-order valence-electron chi connectivity index (χ2n) is 6.70. The van der Waals surface area contributed by atoms with Gasteiger partial charge in [-0.1, -0.05) is 29.2 Å². The molecule has 0 fully saturated rings. The van der Waals surface area contributed by atoms with Crippen molar-refractivity contribution in [2.24, 2.45) is 0 Å². The van der Waals surface area contributed by atoms with Gasteiger partial charge in [0.05, 0.1) is 0 Å². The largest absolute Gasteiger partial charge is 0.453 e. The van der Waals surface area contributed by atoms with Gasteiger partial charge in [-0.2, -0.15) is 18.2 Å². The smallest absolute Gasteiger partial charge is 0.300 e. The van der Waals surface area contributed by atoms with Crippen LogP contribution in [0.3, 0.4) is 0 Å². The number of nitrogens with one attached hydrogen (secondary N) is 1. The highest BCUT2D eigenvalue weighted by Gasteiger charge is 2.37. The Kier molecular flexibility index (Phi) is 6.44. The minimum Gasteiger partial charge on any atom is -0.300 e. The molecule has 0 spiro atoms. The number of hydrogen-bond donors (Lipinski definition) is 1. The Hall–Kier alpha value is -2.58. The standard InChI is InChI=1S/C18H16F3N7OS3/c1-9-12(10(2)28-15(22-9)24-14(27-28)18(19,20)21)5-6-13(29)23-16-25-26-17(32-16)31-8-11-4-3-7-30-11/h3-4,7H,5-6,8H2,1-2H3,(H,23,25,29). The van der Waals surface area contributed by atoms with Gasteiger partial charge in [0.25, 0.3) is 11.6 Å². The van der Waals surface area contributed by atoms with Crippen molar-refractivity contribution in [1.82, 2.24) is 29.8 Å². The first-order valence-corrected chi connectivity index (χ1v) is 12.0. The summed E-state index contributed by atoms with van der Waals surface area (Å²) in [6.45, 7) is 3.30. The third-order valence-electron chi connectivity index (χ3n) is 4.48. The fourth-order valence-electron chi connectivity index (χ4n) is 2.96. The number of thiophene rings is 1. The van der Waals surface area contributed by atoms with E-state index in [0.29, 0.717) is 22.1 Å². The molecule has 0 aromatic carbocycles. The van der Waals surface area contributed by atoms with Crippen molar-refractivity contribution < 1.29 is 18.0 Å². The Balaban J connectivity index is 1.38. The molecule has 4 aromatic rings. The first-order chi connectivity index (χ1) is 15.2. The molecule has 8 nitrogen and oxygen atoms in total. The molecule has 0 aliphatic rings. The minimum absolute atomic E-state index is 0.104. The zero-order chi connectivity index (χ0) is 22.9. The number of carbonyl (C=O) groups excluding carboxylic acids is 1. The molecule has 4 aromatic heterocycles. The van der Waals surface area contributed by atoms with E-state index in [1.807, 2.05) is 17.5 Å². The fourth-order valence-corrected chi connectivity index (χ4v) is 5.50. The molecule has 0 bridgehead atoms. The number of alkyl halides is 3. The molecule has 0 radical (unpaired) electrons. The Morgan fingerprint density at radius 2 is 2.06 bits per heavy atom. The van der Waals surface area contributed by atoms with Crippen LogP contribution in [0.25, 0.3) is 5.78 Å². The van der Waals surface area contributed by atoms with E-state index in [1.54, 1.807) is 36.9 Å². The number of aromatic nitrogens is 6. The molecular weight excluding hydrogens is 483 g/mol. The second-order valence-corrected chi connectivity index (χ2v) is 9.93. The van der Waals surface area contributed by atoms with Crippen molar-refractivity contribution in [2.45, 2.75) is 43.0 Å².